The van der Waals surface area contributed by atoms with Gasteiger partial charge in [0.25, 0.3) is 0 Å². The minimum atomic E-state index is -1.25. The summed E-state index contributed by atoms with van der Waals surface area (Å²) in [6.07, 6.45) is 0.563. The number of unbranched alkanes of at least 4 members (excludes halogenated alkanes) is 3. The van der Waals surface area contributed by atoms with Crippen LogP contribution in [-0.4, -0.2) is 214 Å². The van der Waals surface area contributed by atoms with Crippen molar-refractivity contribution in [3.05, 3.63) is 0 Å². The zero-order valence-corrected chi connectivity index (χ0v) is 43.9. The number of carbonyl (C=O) groups is 7. The number of amides is 7. The maximum absolute atomic E-state index is 14.2. The fraction of sp³-hybridized carbons (Fsp3) is 0.848. The third-order valence-electron chi connectivity index (χ3n) is 9.87. The molecular weight excluding hydrogens is 966 g/mol. The van der Waals surface area contributed by atoms with E-state index in [0.717, 1.165) is 12.8 Å². The van der Waals surface area contributed by atoms with Crippen molar-refractivity contribution in [2.24, 2.45) is 0 Å². The van der Waals surface area contributed by atoms with Crippen LogP contribution in [0.15, 0.2) is 0 Å². The van der Waals surface area contributed by atoms with Gasteiger partial charge >= 0.3 is 24.4 Å². The van der Waals surface area contributed by atoms with E-state index < -0.39 is 60.2 Å². The largest absolute Gasteiger partial charge is 0.459 e. The highest BCUT2D eigenvalue weighted by Crippen LogP contribution is 2.09. The van der Waals surface area contributed by atoms with Crippen LogP contribution < -0.4 is 37.2 Å². The van der Waals surface area contributed by atoms with Gasteiger partial charge in [-0.15, -0.1) is 0 Å². The van der Waals surface area contributed by atoms with Gasteiger partial charge in [0.1, 0.15) is 18.1 Å². The third-order valence-corrected chi connectivity index (χ3v) is 9.87. The normalized spacial score (nSPS) is 12.7. The average Bonchev–Trinajstić information content (AvgIpc) is 3.42. The molecule has 4 radical (unpaired) electrons. The van der Waals surface area contributed by atoms with Crippen LogP contribution in [0.3, 0.4) is 0 Å². The van der Waals surface area contributed by atoms with E-state index in [4.69, 9.17) is 52.9 Å². The van der Waals surface area contributed by atoms with Crippen LogP contribution in [0.25, 0.3) is 0 Å². The molecule has 7 amide bonds. The molecule has 24 nitrogen and oxygen atoms in total. The van der Waals surface area contributed by atoms with Crippen LogP contribution in [0, 0.1) is 0 Å². The average molecular weight is 1060 g/mol. The maximum Gasteiger partial charge on any atom is 0.407 e. The van der Waals surface area contributed by atoms with E-state index in [-0.39, 0.29) is 131 Å². The Morgan fingerprint density at radius 2 is 0.757 bits per heavy atom. The van der Waals surface area contributed by atoms with Crippen LogP contribution in [0.4, 0.5) is 19.2 Å². The number of alkyl carbamates (subject to hydrolysis) is 4. The quantitative estimate of drug-likeness (QED) is 0.0198. The Balaban J connectivity index is 5.74. The van der Waals surface area contributed by atoms with Crippen molar-refractivity contribution in [3.8, 4) is 0 Å². The molecule has 0 aromatic rings. The van der Waals surface area contributed by atoms with Gasteiger partial charge in [-0.05, 0) is 78.1 Å². The second kappa shape index (κ2) is 50.7. The van der Waals surface area contributed by atoms with Gasteiger partial charge in [0.2, 0.25) is 17.7 Å². The van der Waals surface area contributed by atoms with Crippen molar-refractivity contribution in [2.45, 2.75) is 136 Å². The molecule has 0 aliphatic rings. The lowest BCUT2D eigenvalue weighted by Crippen LogP contribution is -2.57. The van der Waals surface area contributed by atoms with Crippen LogP contribution >= 0.6 is 0 Å². The standard InChI is InChI=1S/C46H87B4N7O17/c1-7-69-39(70-8-2)19-15-24-65-26-28-67-30-31-68-29-27-66-25-23-51-40(58)36(16-9-12-20-52-43(61)71-32-47-3)55-41(59)37(17-10-13-21-53-44(62)72-33-48-4)56-42(60)38(57-46(64)74-35-50-6)18-11-14-22-54-45(63)73-34-49-5/h36-39H,7-35H2,1-6H3,(H,51,58)(H,52,61)(H,53,62)(H,54,63)(H,55,59)(H,56,60)(H,57,64)/i3T,4T,5T,6T. The first kappa shape index (κ1) is 62.1. The highest BCUT2D eigenvalue weighted by atomic mass is 16.7. The van der Waals surface area contributed by atoms with Crippen LogP contribution in [0.5, 0.6) is 0 Å². The zero-order chi connectivity index (χ0) is 57.5. The minimum absolute atomic E-state index is 0.0118. The predicted molar refractivity (Wildman–Crippen MR) is 281 cm³/mol. The SMILES string of the molecule is [3H]C[B]COC(=O)NCCCCC(NC(=O)OC[B]C[3H])C(=O)NC(CCCCNC(=O)OC[B]C[3H])C(=O)NC(CCCCNC(=O)OC[B]C[3H])C(=O)NCCOCCOCCOCCOCCCC(OCC)OCC. The summed E-state index contributed by atoms with van der Waals surface area (Å²) in [6, 6.07) is -3.60. The molecule has 0 spiro atoms. The Kier molecular flexibility index (Phi) is 42.5. The summed E-state index contributed by atoms with van der Waals surface area (Å²) in [4.78, 5) is 90.7. The van der Waals surface area contributed by atoms with E-state index in [2.05, 4.69) is 37.2 Å². The van der Waals surface area contributed by atoms with E-state index in [9.17, 15) is 33.6 Å². The molecular formula is C46H87B4N7O17. The van der Waals surface area contributed by atoms with Crippen LogP contribution in [0.2, 0.25) is 27.2 Å². The molecule has 0 fully saturated rings. The number of ether oxygens (including phenoxy) is 10. The monoisotopic (exact) mass is 1060 g/mol. The first-order valence-corrected chi connectivity index (χ1v) is 25.5. The van der Waals surface area contributed by atoms with Crippen molar-refractivity contribution in [1.29, 1.82) is 0 Å². The Labute approximate surface area is 448 Å². The van der Waals surface area contributed by atoms with E-state index in [0.29, 0.717) is 78.4 Å². The first-order valence-electron chi connectivity index (χ1n) is 28.3. The molecule has 420 valence electrons. The van der Waals surface area contributed by atoms with Crippen molar-refractivity contribution in [3.63, 3.8) is 0 Å². The number of hydrogen-bond acceptors (Lipinski definition) is 17. The third kappa shape index (κ3) is 41.8. The van der Waals surface area contributed by atoms with E-state index in [1.165, 1.54) is 29.1 Å². The Morgan fingerprint density at radius 3 is 1.16 bits per heavy atom. The van der Waals surface area contributed by atoms with Gasteiger partial charge in [0.15, 0.2) is 35.4 Å². The zero-order valence-electron chi connectivity index (χ0n) is 47.9. The molecule has 0 aliphatic heterocycles. The lowest BCUT2D eigenvalue weighted by Gasteiger charge is -2.25. The molecule has 0 aromatic heterocycles. The molecule has 0 saturated heterocycles. The van der Waals surface area contributed by atoms with Gasteiger partial charge in [-0.25, -0.2) is 19.2 Å². The fourth-order valence-corrected chi connectivity index (χ4v) is 6.29. The molecule has 74 heavy (non-hydrogen) atoms. The summed E-state index contributed by atoms with van der Waals surface area (Å²) >= 11 is 0. The molecule has 3 atom stereocenters. The summed E-state index contributed by atoms with van der Waals surface area (Å²) in [5.74, 6) is -2.02. The second-order valence-corrected chi connectivity index (χ2v) is 15.9. The number of rotatable bonds is 49. The second-order valence-electron chi connectivity index (χ2n) is 15.9. The smallest absolute Gasteiger partial charge is 0.407 e. The Bertz CT molecular complexity index is 1560. The van der Waals surface area contributed by atoms with Gasteiger partial charge in [-0.3, -0.25) is 14.4 Å². The molecule has 28 heteroatoms. The highest BCUT2D eigenvalue weighted by Gasteiger charge is 2.30. The van der Waals surface area contributed by atoms with Gasteiger partial charge in [0, 0.05) is 57.9 Å². The van der Waals surface area contributed by atoms with E-state index in [1.807, 2.05) is 13.8 Å². The summed E-state index contributed by atoms with van der Waals surface area (Å²) in [5.41, 5.74) is 0. The molecule has 7 N–H and O–H groups in total. The van der Waals surface area contributed by atoms with Crippen molar-refractivity contribution in [1.82, 2.24) is 37.2 Å². The summed E-state index contributed by atoms with van der Waals surface area (Å²) in [5, 5.41) is 18.5. The molecule has 0 heterocycles. The van der Waals surface area contributed by atoms with E-state index >= 15 is 0 Å². The predicted octanol–water partition coefficient (Wildman–Crippen LogP) is 1.94. The number of hydrogen-bond donors (Lipinski definition) is 7. The van der Waals surface area contributed by atoms with Crippen molar-refractivity contribution in [2.75, 3.05) is 118 Å². The summed E-state index contributed by atoms with van der Waals surface area (Å²) in [7, 11) is 5.77. The number of nitrogens with one attached hydrogen (secondary N) is 7. The van der Waals surface area contributed by atoms with Gasteiger partial charge in [-0.1, -0.05) is 27.2 Å². The van der Waals surface area contributed by atoms with Crippen LogP contribution in [0.1, 0.15) is 90.0 Å². The van der Waals surface area contributed by atoms with E-state index in [1.54, 1.807) is 0 Å². The number of carbonyl (C=O) groups excluding carboxylic acids is 7. The first-order chi connectivity index (χ1) is 37.9. The lowest BCUT2D eigenvalue weighted by atomic mass is 9.85. The molecule has 0 aromatic carbocycles. The Morgan fingerprint density at radius 1 is 0.392 bits per heavy atom. The van der Waals surface area contributed by atoms with Crippen LogP contribution in [-0.2, 0) is 61.8 Å². The van der Waals surface area contributed by atoms with Gasteiger partial charge in [-0.2, -0.15) is 0 Å². The fourth-order valence-electron chi connectivity index (χ4n) is 6.29. The van der Waals surface area contributed by atoms with Gasteiger partial charge < -0.3 is 84.6 Å². The van der Waals surface area contributed by atoms with Crippen molar-refractivity contribution >= 4 is 71.2 Å². The van der Waals surface area contributed by atoms with Gasteiger partial charge in [0.05, 0.1) is 72.3 Å². The molecule has 0 saturated carbocycles. The minimum Gasteiger partial charge on any atom is -0.459 e. The molecule has 0 bridgehead atoms. The summed E-state index contributed by atoms with van der Waals surface area (Å²) in [6.45, 7) is 7.93. The molecule has 0 rings (SSSR count). The topological polar surface area (TPSA) is 296 Å². The molecule has 0 aliphatic carbocycles. The van der Waals surface area contributed by atoms with Crippen molar-refractivity contribution < 1.29 is 86.4 Å². The lowest BCUT2D eigenvalue weighted by molar-refractivity contribution is -0.141. The highest BCUT2D eigenvalue weighted by molar-refractivity contribution is 6.34. The summed E-state index contributed by atoms with van der Waals surface area (Å²) < 4.78 is 82.2. The molecule has 3 unspecified atom stereocenters. The Hall–Kier alpha value is -4.49. The maximum atomic E-state index is 14.2.